The van der Waals surface area contributed by atoms with E-state index in [9.17, 15) is 0 Å². The lowest BCUT2D eigenvalue weighted by Gasteiger charge is -2.06. The standard InChI is InChI=1S/C19H26N2/c1-2-3-4-5-6-7-8-9-10-14-19-17(15-20)12-11-13-18(19)16-21/h11-13H,2-10,14H2,1H3. The number of benzene rings is 1. The van der Waals surface area contributed by atoms with Crippen molar-refractivity contribution in [3.8, 4) is 12.1 Å². The molecule has 0 aliphatic heterocycles. The molecule has 0 radical (unpaired) electrons. The third-order valence-corrected chi connectivity index (χ3v) is 3.95. The molecule has 2 heteroatoms. The van der Waals surface area contributed by atoms with Crippen LogP contribution in [0.5, 0.6) is 0 Å². The van der Waals surface area contributed by atoms with E-state index in [1.54, 1.807) is 6.07 Å². The Labute approximate surface area is 129 Å². The molecule has 0 saturated carbocycles. The smallest absolute Gasteiger partial charge is 0.0994 e. The van der Waals surface area contributed by atoms with Crippen LogP contribution in [0.15, 0.2) is 18.2 Å². The number of unbranched alkanes of at least 4 members (excludes halogenated alkanes) is 8. The first-order valence-electron chi connectivity index (χ1n) is 8.25. The van der Waals surface area contributed by atoms with E-state index in [0.717, 1.165) is 18.4 Å². The summed E-state index contributed by atoms with van der Waals surface area (Å²) < 4.78 is 0. The van der Waals surface area contributed by atoms with Crippen molar-refractivity contribution in [2.75, 3.05) is 0 Å². The molecule has 0 aliphatic carbocycles. The van der Waals surface area contributed by atoms with Crippen LogP contribution in [-0.4, -0.2) is 0 Å². The first-order valence-corrected chi connectivity index (χ1v) is 8.25. The Hall–Kier alpha value is -1.80. The second-order valence-electron chi connectivity index (χ2n) is 5.63. The van der Waals surface area contributed by atoms with Gasteiger partial charge in [-0.25, -0.2) is 0 Å². The average molecular weight is 282 g/mol. The van der Waals surface area contributed by atoms with Crippen LogP contribution in [0.1, 0.15) is 81.4 Å². The molecule has 0 N–H and O–H groups in total. The van der Waals surface area contributed by atoms with E-state index in [0.29, 0.717) is 11.1 Å². The Balaban J connectivity index is 2.25. The molecule has 0 heterocycles. The number of nitriles is 2. The van der Waals surface area contributed by atoms with Crippen LogP contribution in [0.4, 0.5) is 0 Å². The molecular weight excluding hydrogens is 256 g/mol. The molecule has 0 saturated heterocycles. The number of hydrogen-bond acceptors (Lipinski definition) is 2. The van der Waals surface area contributed by atoms with Crippen molar-refractivity contribution < 1.29 is 0 Å². The molecular formula is C19H26N2. The highest BCUT2D eigenvalue weighted by Crippen LogP contribution is 2.18. The first-order chi connectivity index (χ1) is 10.3. The van der Waals surface area contributed by atoms with E-state index in [1.807, 2.05) is 12.1 Å². The summed E-state index contributed by atoms with van der Waals surface area (Å²) in [6, 6.07) is 9.81. The zero-order chi connectivity index (χ0) is 15.3. The van der Waals surface area contributed by atoms with Crippen molar-refractivity contribution in [2.24, 2.45) is 0 Å². The SMILES string of the molecule is CCCCCCCCCCCc1c(C#N)cccc1C#N. The van der Waals surface area contributed by atoms with E-state index >= 15 is 0 Å². The zero-order valence-electron chi connectivity index (χ0n) is 13.2. The van der Waals surface area contributed by atoms with Crippen LogP contribution >= 0.6 is 0 Å². The van der Waals surface area contributed by atoms with Crippen LogP contribution in [0, 0.1) is 22.7 Å². The highest BCUT2D eigenvalue weighted by atomic mass is 14.3. The summed E-state index contributed by atoms with van der Waals surface area (Å²) in [5, 5.41) is 18.2. The summed E-state index contributed by atoms with van der Waals surface area (Å²) in [6.45, 7) is 2.24. The van der Waals surface area contributed by atoms with Crippen molar-refractivity contribution in [3.05, 3.63) is 34.9 Å². The molecule has 0 fully saturated rings. The molecule has 1 aromatic carbocycles. The van der Waals surface area contributed by atoms with Gasteiger partial charge in [0, 0.05) is 0 Å². The van der Waals surface area contributed by atoms with E-state index in [4.69, 9.17) is 10.5 Å². The third-order valence-electron chi connectivity index (χ3n) is 3.95. The van der Waals surface area contributed by atoms with E-state index in [-0.39, 0.29) is 0 Å². The third kappa shape index (κ3) is 6.46. The van der Waals surface area contributed by atoms with Gasteiger partial charge in [0.25, 0.3) is 0 Å². The Morgan fingerprint density at radius 3 is 1.71 bits per heavy atom. The molecule has 0 aliphatic rings. The van der Waals surface area contributed by atoms with E-state index < -0.39 is 0 Å². The summed E-state index contributed by atoms with van der Waals surface area (Å²) in [4.78, 5) is 0. The highest BCUT2D eigenvalue weighted by molar-refractivity contribution is 5.48. The van der Waals surface area contributed by atoms with Gasteiger partial charge in [0.05, 0.1) is 23.3 Å². The summed E-state index contributed by atoms with van der Waals surface area (Å²) in [6.07, 6.45) is 12.4. The maximum absolute atomic E-state index is 9.12. The zero-order valence-corrected chi connectivity index (χ0v) is 13.2. The van der Waals surface area contributed by atoms with Gasteiger partial charge in [-0.05, 0) is 30.5 Å². The minimum Gasteiger partial charge on any atom is -0.192 e. The van der Waals surface area contributed by atoms with E-state index in [2.05, 4.69) is 19.1 Å². The fourth-order valence-corrected chi connectivity index (χ4v) is 2.68. The Bertz CT molecular complexity index is 459. The lowest BCUT2D eigenvalue weighted by molar-refractivity contribution is 0.564. The predicted molar refractivity (Wildman–Crippen MR) is 86.8 cm³/mol. The average Bonchev–Trinajstić information content (AvgIpc) is 2.53. The van der Waals surface area contributed by atoms with Gasteiger partial charge in [-0.1, -0.05) is 64.4 Å². The summed E-state index contributed by atoms with van der Waals surface area (Å²) >= 11 is 0. The maximum Gasteiger partial charge on any atom is 0.0994 e. The normalized spacial score (nSPS) is 10.0. The Morgan fingerprint density at radius 2 is 1.24 bits per heavy atom. The van der Waals surface area contributed by atoms with Crippen molar-refractivity contribution >= 4 is 0 Å². The molecule has 1 rings (SSSR count). The number of hydrogen-bond donors (Lipinski definition) is 0. The van der Waals surface area contributed by atoms with Gasteiger partial charge in [0.15, 0.2) is 0 Å². The Morgan fingerprint density at radius 1 is 0.762 bits per heavy atom. The van der Waals surface area contributed by atoms with Crippen molar-refractivity contribution in [3.63, 3.8) is 0 Å². The number of nitrogens with zero attached hydrogens (tertiary/aromatic N) is 2. The fourth-order valence-electron chi connectivity index (χ4n) is 2.68. The van der Waals surface area contributed by atoms with Crippen molar-refractivity contribution in [2.45, 2.75) is 71.1 Å². The monoisotopic (exact) mass is 282 g/mol. The highest BCUT2D eigenvalue weighted by Gasteiger charge is 2.07. The second-order valence-corrected chi connectivity index (χ2v) is 5.63. The van der Waals surface area contributed by atoms with Crippen LogP contribution in [0.2, 0.25) is 0 Å². The summed E-state index contributed by atoms with van der Waals surface area (Å²) in [5.74, 6) is 0. The summed E-state index contributed by atoms with van der Waals surface area (Å²) in [7, 11) is 0. The van der Waals surface area contributed by atoms with Crippen molar-refractivity contribution in [1.29, 1.82) is 10.5 Å². The number of rotatable bonds is 10. The van der Waals surface area contributed by atoms with Gasteiger partial charge in [-0.15, -0.1) is 0 Å². The molecule has 1 aromatic rings. The molecule has 0 unspecified atom stereocenters. The minimum atomic E-state index is 0.661. The van der Waals surface area contributed by atoms with Crippen LogP contribution in [0.3, 0.4) is 0 Å². The topological polar surface area (TPSA) is 47.6 Å². The lowest BCUT2D eigenvalue weighted by Crippen LogP contribution is -1.95. The first kappa shape index (κ1) is 17.3. The van der Waals surface area contributed by atoms with Gasteiger partial charge in [0.1, 0.15) is 0 Å². The van der Waals surface area contributed by atoms with Gasteiger partial charge >= 0.3 is 0 Å². The minimum absolute atomic E-state index is 0.661. The predicted octanol–water partition coefficient (Wildman–Crippen LogP) is 5.50. The largest absolute Gasteiger partial charge is 0.192 e. The quantitative estimate of drug-likeness (QED) is 0.532. The maximum atomic E-state index is 9.12. The van der Waals surface area contributed by atoms with Crippen LogP contribution in [-0.2, 0) is 6.42 Å². The van der Waals surface area contributed by atoms with Gasteiger partial charge in [-0.2, -0.15) is 10.5 Å². The second kappa shape index (κ2) is 10.9. The molecule has 0 aromatic heterocycles. The van der Waals surface area contributed by atoms with Crippen molar-refractivity contribution in [1.82, 2.24) is 0 Å². The van der Waals surface area contributed by atoms with Crippen LogP contribution < -0.4 is 0 Å². The molecule has 0 atom stereocenters. The van der Waals surface area contributed by atoms with Crippen LogP contribution in [0.25, 0.3) is 0 Å². The van der Waals surface area contributed by atoms with Gasteiger partial charge < -0.3 is 0 Å². The Kier molecular flexibility index (Phi) is 8.98. The molecule has 0 amide bonds. The summed E-state index contributed by atoms with van der Waals surface area (Å²) in [5.41, 5.74) is 2.26. The van der Waals surface area contributed by atoms with E-state index in [1.165, 1.54) is 51.4 Å². The molecule has 0 bridgehead atoms. The molecule has 112 valence electrons. The van der Waals surface area contributed by atoms with Gasteiger partial charge in [0.2, 0.25) is 0 Å². The molecule has 0 spiro atoms. The van der Waals surface area contributed by atoms with Gasteiger partial charge in [-0.3, -0.25) is 0 Å². The molecule has 2 nitrogen and oxygen atoms in total. The molecule has 21 heavy (non-hydrogen) atoms. The lowest BCUT2D eigenvalue weighted by atomic mass is 9.96. The fraction of sp³-hybridized carbons (Fsp3) is 0.579.